The summed E-state index contributed by atoms with van der Waals surface area (Å²) in [7, 11) is 2.07. The molecule has 0 saturated heterocycles. The number of rotatable bonds is 8. The zero-order chi connectivity index (χ0) is 15.1. The molecule has 114 valence electrons. The minimum atomic E-state index is 0.674. The van der Waals surface area contributed by atoms with Crippen LogP contribution in [0, 0.1) is 5.92 Å². The van der Waals surface area contributed by atoms with E-state index in [0.717, 1.165) is 37.6 Å². The standard InChI is InChI=1S/C17H25N3O/c1-14(2)9-18-10-15-6-7-16(19-11-15)12-20(3)13-17-5-4-8-21-17/h4-8,11,14,18H,9-10,12-13H2,1-3H3. The maximum Gasteiger partial charge on any atom is 0.117 e. The fourth-order valence-electron chi connectivity index (χ4n) is 2.16. The number of nitrogens with zero attached hydrogens (tertiary/aromatic N) is 2. The van der Waals surface area contributed by atoms with Crippen LogP contribution in [-0.2, 0) is 19.6 Å². The lowest BCUT2D eigenvalue weighted by molar-refractivity contribution is 0.285. The van der Waals surface area contributed by atoms with Crippen LogP contribution in [0.25, 0.3) is 0 Å². The van der Waals surface area contributed by atoms with Gasteiger partial charge in [0.1, 0.15) is 5.76 Å². The van der Waals surface area contributed by atoms with E-state index >= 15 is 0 Å². The van der Waals surface area contributed by atoms with Crippen LogP contribution in [0.2, 0.25) is 0 Å². The molecule has 1 N–H and O–H groups in total. The zero-order valence-corrected chi connectivity index (χ0v) is 13.2. The normalized spacial score (nSPS) is 11.5. The van der Waals surface area contributed by atoms with Gasteiger partial charge in [-0.2, -0.15) is 0 Å². The number of nitrogens with one attached hydrogen (secondary N) is 1. The lowest BCUT2D eigenvalue weighted by atomic mass is 10.2. The Labute approximate surface area is 127 Å². The molecule has 2 aromatic heterocycles. The Morgan fingerprint density at radius 3 is 2.71 bits per heavy atom. The van der Waals surface area contributed by atoms with Gasteiger partial charge in [-0.25, -0.2) is 0 Å². The smallest absolute Gasteiger partial charge is 0.117 e. The van der Waals surface area contributed by atoms with Crippen molar-refractivity contribution >= 4 is 0 Å². The SMILES string of the molecule is CC(C)CNCc1ccc(CN(C)Cc2ccco2)nc1. The van der Waals surface area contributed by atoms with Crippen LogP contribution in [0.4, 0.5) is 0 Å². The summed E-state index contributed by atoms with van der Waals surface area (Å²) in [6.07, 6.45) is 3.67. The van der Waals surface area contributed by atoms with Gasteiger partial charge in [-0.05, 0) is 43.3 Å². The van der Waals surface area contributed by atoms with Crippen molar-refractivity contribution in [3.05, 3.63) is 53.7 Å². The first-order valence-corrected chi connectivity index (χ1v) is 7.49. The average Bonchev–Trinajstić information content (AvgIpc) is 2.93. The number of pyridine rings is 1. The van der Waals surface area contributed by atoms with Crippen LogP contribution in [0.1, 0.15) is 30.9 Å². The first-order chi connectivity index (χ1) is 10.1. The predicted molar refractivity (Wildman–Crippen MR) is 84.7 cm³/mol. The van der Waals surface area contributed by atoms with E-state index in [-0.39, 0.29) is 0 Å². The molecule has 2 rings (SSSR count). The molecule has 0 radical (unpaired) electrons. The highest BCUT2D eigenvalue weighted by Gasteiger charge is 2.05. The van der Waals surface area contributed by atoms with Gasteiger partial charge in [0.2, 0.25) is 0 Å². The summed E-state index contributed by atoms with van der Waals surface area (Å²) in [6, 6.07) is 8.16. The van der Waals surface area contributed by atoms with Gasteiger partial charge >= 0.3 is 0 Å². The van der Waals surface area contributed by atoms with Crippen LogP contribution >= 0.6 is 0 Å². The van der Waals surface area contributed by atoms with Gasteiger partial charge < -0.3 is 9.73 Å². The van der Waals surface area contributed by atoms with Crippen molar-refractivity contribution in [1.82, 2.24) is 15.2 Å². The Hall–Kier alpha value is -1.65. The van der Waals surface area contributed by atoms with E-state index in [1.54, 1.807) is 6.26 Å². The quantitative estimate of drug-likeness (QED) is 0.810. The maximum absolute atomic E-state index is 5.35. The summed E-state index contributed by atoms with van der Waals surface area (Å²) in [5, 5.41) is 3.43. The van der Waals surface area contributed by atoms with Gasteiger partial charge in [-0.3, -0.25) is 9.88 Å². The molecule has 21 heavy (non-hydrogen) atoms. The molecule has 0 spiro atoms. The van der Waals surface area contributed by atoms with E-state index in [1.807, 2.05) is 18.3 Å². The third-order valence-corrected chi connectivity index (χ3v) is 3.21. The minimum absolute atomic E-state index is 0.674. The van der Waals surface area contributed by atoms with Gasteiger partial charge in [-0.1, -0.05) is 19.9 Å². The molecule has 4 heteroatoms. The Balaban J connectivity index is 1.78. The van der Waals surface area contributed by atoms with E-state index in [4.69, 9.17) is 4.42 Å². The summed E-state index contributed by atoms with van der Waals surface area (Å²) in [4.78, 5) is 6.73. The first-order valence-electron chi connectivity index (χ1n) is 7.49. The van der Waals surface area contributed by atoms with Crippen LogP contribution in [0.15, 0.2) is 41.1 Å². The second-order valence-electron chi connectivity index (χ2n) is 5.93. The highest BCUT2D eigenvalue weighted by molar-refractivity contribution is 5.14. The lowest BCUT2D eigenvalue weighted by Crippen LogP contribution is -2.19. The molecular formula is C17H25N3O. The summed E-state index contributed by atoms with van der Waals surface area (Å²) in [5.41, 5.74) is 2.31. The molecule has 0 amide bonds. The summed E-state index contributed by atoms with van der Waals surface area (Å²) in [6.45, 7) is 7.96. The number of hydrogen-bond acceptors (Lipinski definition) is 4. The molecule has 0 aromatic carbocycles. The molecule has 0 unspecified atom stereocenters. The van der Waals surface area contributed by atoms with Crippen LogP contribution in [-0.4, -0.2) is 23.5 Å². The molecule has 2 aromatic rings. The third kappa shape index (κ3) is 5.69. The topological polar surface area (TPSA) is 41.3 Å². The molecule has 0 aliphatic carbocycles. The van der Waals surface area contributed by atoms with Gasteiger partial charge in [0.15, 0.2) is 0 Å². The number of aromatic nitrogens is 1. The van der Waals surface area contributed by atoms with E-state index in [9.17, 15) is 0 Å². The van der Waals surface area contributed by atoms with E-state index in [1.165, 1.54) is 5.56 Å². The van der Waals surface area contributed by atoms with Gasteiger partial charge in [-0.15, -0.1) is 0 Å². The maximum atomic E-state index is 5.35. The minimum Gasteiger partial charge on any atom is -0.468 e. The van der Waals surface area contributed by atoms with Crippen LogP contribution < -0.4 is 5.32 Å². The Kier molecular flexibility index (Phi) is 5.96. The fourth-order valence-corrected chi connectivity index (χ4v) is 2.16. The van der Waals surface area contributed by atoms with Gasteiger partial charge in [0.05, 0.1) is 18.5 Å². The summed E-state index contributed by atoms with van der Waals surface area (Å²) >= 11 is 0. The average molecular weight is 287 g/mol. The zero-order valence-electron chi connectivity index (χ0n) is 13.2. The molecule has 0 bridgehead atoms. The largest absolute Gasteiger partial charge is 0.468 e. The summed E-state index contributed by atoms with van der Waals surface area (Å²) < 4.78 is 5.35. The van der Waals surface area contributed by atoms with Crippen molar-refractivity contribution in [2.45, 2.75) is 33.5 Å². The molecule has 0 atom stereocenters. The lowest BCUT2D eigenvalue weighted by Gasteiger charge is -2.14. The van der Waals surface area contributed by atoms with Crippen LogP contribution in [0.3, 0.4) is 0 Å². The van der Waals surface area contributed by atoms with E-state index < -0.39 is 0 Å². The van der Waals surface area contributed by atoms with E-state index in [2.05, 4.69) is 48.2 Å². The highest BCUT2D eigenvalue weighted by Crippen LogP contribution is 2.08. The predicted octanol–water partition coefficient (Wildman–Crippen LogP) is 3.05. The molecule has 0 aliphatic heterocycles. The number of hydrogen-bond donors (Lipinski definition) is 1. The molecule has 2 heterocycles. The van der Waals surface area contributed by atoms with Crippen molar-refractivity contribution in [3.8, 4) is 0 Å². The Bertz CT molecular complexity index is 505. The fraction of sp³-hybridized carbons (Fsp3) is 0.471. The second-order valence-corrected chi connectivity index (χ2v) is 5.93. The van der Waals surface area contributed by atoms with Gasteiger partial charge in [0.25, 0.3) is 0 Å². The molecule has 0 aliphatic rings. The summed E-state index contributed by atoms with van der Waals surface area (Å²) in [5.74, 6) is 1.65. The Morgan fingerprint density at radius 1 is 1.24 bits per heavy atom. The molecule has 0 saturated carbocycles. The highest BCUT2D eigenvalue weighted by atomic mass is 16.3. The van der Waals surface area contributed by atoms with E-state index in [0.29, 0.717) is 5.92 Å². The van der Waals surface area contributed by atoms with Gasteiger partial charge in [0, 0.05) is 19.3 Å². The molecule has 0 fully saturated rings. The van der Waals surface area contributed by atoms with Crippen molar-refractivity contribution in [2.24, 2.45) is 5.92 Å². The molecule has 4 nitrogen and oxygen atoms in total. The van der Waals surface area contributed by atoms with Crippen molar-refractivity contribution in [1.29, 1.82) is 0 Å². The number of furan rings is 1. The Morgan fingerprint density at radius 2 is 2.10 bits per heavy atom. The second kappa shape index (κ2) is 7.96. The first kappa shape index (κ1) is 15.7. The monoisotopic (exact) mass is 287 g/mol. The van der Waals surface area contributed by atoms with Crippen molar-refractivity contribution in [3.63, 3.8) is 0 Å². The van der Waals surface area contributed by atoms with Crippen molar-refractivity contribution < 1.29 is 4.42 Å². The third-order valence-electron chi connectivity index (χ3n) is 3.21. The van der Waals surface area contributed by atoms with Crippen LogP contribution in [0.5, 0.6) is 0 Å². The molecular weight excluding hydrogens is 262 g/mol. The van der Waals surface area contributed by atoms with Crippen molar-refractivity contribution in [2.75, 3.05) is 13.6 Å².